The summed E-state index contributed by atoms with van der Waals surface area (Å²) in [6, 6.07) is 10.3. The zero-order valence-electron chi connectivity index (χ0n) is 15.6. The van der Waals surface area contributed by atoms with Crippen LogP contribution in [0.4, 0.5) is 5.69 Å². The molecule has 1 N–H and O–H groups in total. The zero-order chi connectivity index (χ0) is 18.1. The Hall–Kier alpha value is -2.20. The average molecular weight is 339 g/mol. The van der Waals surface area contributed by atoms with Crippen LogP contribution in [0, 0.1) is 0 Å². The molecule has 0 saturated carbocycles. The number of hydrogen-bond donors (Lipinski definition) is 1. The van der Waals surface area contributed by atoms with Crippen LogP contribution in [0.5, 0.6) is 0 Å². The first-order valence-electron chi connectivity index (χ1n) is 9.12. The van der Waals surface area contributed by atoms with Crippen LogP contribution in [0.25, 0.3) is 0 Å². The number of hydrogen-bond acceptors (Lipinski definition) is 3. The Kier molecular flexibility index (Phi) is 7.61. The number of carbonyl (C=O) groups is 1. The second kappa shape index (κ2) is 9.94. The van der Waals surface area contributed by atoms with Crippen LogP contribution in [0.1, 0.15) is 37.0 Å². The Bertz CT molecular complexity index is 648. The molecule has 1 aromatic heterocycles. The van der Waals surface area contributed by atoms with Crippen LogP contribution in [0.2, 0.25) is 0 Å². The molecule has 1 amide bonds. The fourth-order valence-corrected chi connectivity index (χ4v) is 2.88. The van der Waals surface area contributed by atoms with Gasteiger partial charge in [0.05, 0.1) is 0 Å². The van der Waals surface area contributed by atoms with Gasteiger partial charge in [0, 0.05) is 37.6 Å². The van der Waals surface area contributed by atoms with Gasteiger partial charge in [-0.1, -0.05) is 32.0 Å². The van der Waals surface area contributed by atoms with Crippen molar-refractivity contribution in [2.75, 3.05) is 25.5 Å². The third-order valence-corrected chi connectivity index (χ3v) is 4.52. The fourth-order valence-electron chi connectivity index (χ4n) is 2.88. The lowest BCUT2D eigenvalue weighted by Gasteiger charge is -2.18. The predicted octanol–water partition coefficient (Wildman–Crippen LogP) is 3.71. The van der Waals surface area contributed by atoms with Crippen LogP contribution in [0.15, 0.2) is 42.7 Å². The molecular formula is C21H29N3O. The lowest BCUT2D eigenvalue weighted by Crippen LogP contribution is -2.26. The second-order valence-electron chi connectivity index (χ2n) is 6.37. The highest BCUT2D eigenvalue weighted by Crippen LogP contribution is 2.22. The molecule has 1 heterocycles. The number of benzene rings is 1. The minimum absolute atomic E-state index is 0.0892. The van der Waals surface area contributed by atoms with Crippen LogP contribution < -0.4 is 5.32 Å². The summed E-state index contributed by atoms with van der Waals surface area (Å²) in [5.41, 5.74) is 4.70. The maximum Gasteiger partial charge on any atom is 0.225 e. The van der Waals surface area contributed by atoms with Gasteiger partial charge >= 0.3 is 0 Å². The summed E-state index contributed by atoms with van der Waals surface area (Å²) < 4.78 is 0. The van der Waals surface area contributed by atoms with Crippen molar-refractivity contribution in [1.29, 1.82) is 0 Å². The molecule has 0 bridgehead atoms. The number of anilines is 1. The standard InChI is InChI=1S/C21H29N3O/c1-4-18-7-6-8-19(5-2)21(18)23-20(25)12-16-24(3)15-11-17-9-13-22-14-10-17/h6-10,13-14H,4-5,11-12,15-16H2,1-3H3,(H,23,25). The van der Waals surface area contributed by atoms with Crippen molar-refractivity contribution in [2.24, 2.45) is 0 Å². The summed E-state index contributed by atoms with van der Waals surface area (Å²) in [6.45, 7) is 5.93. The minimum atomic E-state index is 0.0892. The van der Waals surface area contributed by atoms with Crippen molar-refractivity contribution >= 4 is 11.6 Å². The van der Waals surface area contributed by atoms with Gasteiger partial charge in [0.1, 0.15) is 0 Å². The first-order valence-corrected chi connectivity index (χ1v) is 9.12. The highest BCUT2D eigenvalue weighted by atomic mass is 16.1. The Morgan fingerprint density at radius 1 is 1.04 bits per heavy atom. The van der Waals surface area contributed by atoms with Crippen molar-refractivity contribution in [3.8, 4) is 0 Å². The van der Waals surface area contributed by atoms with E-state index in [0.717, 1.165) is 38.0 Å². The van der Waals surface area contributed by atoms with E-state index in [1.807, 2.05) is 24.5 Å². The molecule has 4 heteroatoms. The van der Waals surface area contributed by atoms with Crippen LogP contribution >= 0.6 is 0 Å². The fraction of sp³-hybridized carbons (Fsp3) is 0.429. The third kappa shape index (κ3) is 5.98. The molecule has 2 aromatic rings. The number of nitrogens with one attached hydrogen (secondary N) is 1. The molecule has 0 aliphatic heterocycles. The summed E-state index contributed by atoms with van der Waals surface area (Å²) in [5.74, 6) is 0.0892. The first kappa shape index (κ1) is 19.1. The molecule has 4 nitrogen and oxygen atoms in total. The molecule has 134 valence electrons. The maximum absolute atomic E-state index is 12.4. The molecule has 0 unspecified atom stereocenters. The lowest BCUT2D eigenvalue weighted by atomic mass is 10.0. The molecule has 25 heavy (non-hydrogen) atoms. The zero-order valence-corrected chi connectivity index (χ0v) is 15.6. The Balaban J connectivity index is 1.82. The van der Waals surface area contributed by atoms with E-state index in [1.165, 1.54) is 16.7 Å². The Morgan fingerprint density at radius 2 is 1.68 bits per heavy atom. The normalized spacial score (nSPS) is 10.9. The van der Waals surface area contributed by atoms with E-state index in [1.54, 1.807) is 0 Å². The number of nitrogens with zero attached hydrogens (tertiary/aromatic N) is 2. The number of amides is 1. The molecule has 2 rings (SSSR count). The van der Waals surface area contributed by atoms with Gasteiger partial charge in [-0.2, -0.15) is 0 Å². The molecule has 0 saturated heterocycles. The summed E-state index contributed by atoms with van der Waals surface area (Å²) in [7, 11) is 2.06. The van der Waals surface area contributed by atoms with Crippen LogP contribution in [-0.2, 0) is 24.1 Å². The molecule has 0 aliphatic rings. The van der Waals surface area contributed by atoms with Gasteiger partial charge in [0.25, 0.3) is 0 Å². The smallest absolute Gasteiger partial charge is 0.225 e. The number of para-hydroxylation sites is 1. The highest BCUT2D eigenvalue weighted by Gasteiger charge is 2.11. The lowest BCUT2D eigenvalue weighted by molar-refractivity contribution is -0.116. The molecule has 0 atom stereocenters. The Labute approximate surface area is 151 Å². The summed E-state index contributed by atoms with van der Waals surface area (Å²) in [6.07, 6.45) is 6.97. The summed E-state index contributed by atoms with van der Waals surface area (Å²) in [5, 5.41) is 3.14. The number of aryl methyl sites for hydroxylation is 2. The minimum Gasteiger partial charge on any atom is -0.326 e. The van der Waals surface area contributed by atoms with E-state index in [0.29, 0.717) is 6.42 Å². The Morgan fingerprint density at radius 3 is 2.28 bits per heavy atom. The van der Waals surface area contributed by atoms with Gasteiger partial charge in [-0.25, -0.2) is 0 Å². The maximum atomic E-state index is 12.4. The van der Waals surface area contributed by atoms with E-state index < -0.39 is 0 Å². The van der Waals surface area contributed by atoms with E-state index in [-0.39, 0.29) is 5.91 Å². The average Bonchev–Trinajstić information content (AvgIpc) is 2.65. The molecule has 1 aromatic carbocycles. The van der Waals surface area contributed by atoms with Gasteiger partial charge in [0.15, 0.2) is 0 Å². The molecule has 0 aliphatic carbocycles. The van der Waals surface area contributed by atoms with Crippen molar-refractivity contribution in [1.82, 2.24) is 9.88 Å². The summed E-state index contributed by atoms with van der Waals surface area (Å²) >= 11 is 0. The summed E-state index contributed by atoms with van der Waals surface area (Å²) in [4.78, 5) is 18.6. The van der Waals surface area contributed by atoms with Crippen molar-refractivity contribution in [3.63, 3.8) is 0 Å². The first-order chi connectivity index (χ1) is 12.1. The number of pyridine rings is 1. The third-order valence-electron chi connectivity index (χ3n) is 4.52. The van der Waals surface area contributed by atoms with E-state index in [2.05, 4.69) is 54.3 Å². The van der Waals surface area contributed by atoms with Gasteiger partial charge in [-0.15, -0.1) is 0 Å². The van der Waals surface area contributed by atoms with Crippen molar-refractivity contribution in [2.45, 2.75) is 39.5 Å². The largest absolute Gasteiger partial charge is 0.326 e. The quantitative estimate of drug-likeness (QED) is 0.757. The predicted molar refractivity (Wildman–Crippen MR) is 104 cm³/mol. The number of likely N-dealkylation sites (N-methyl/N-ethyl adjacent to an activating group) is 1. The second-order valence-corrected chi connectivity index (χ2v) is 6.37. The van der Waals surface area contributed by atoms with Crippen molar-refractivity contribution < 1.29 is 4.79 Å². The SMILES string of the molecule is CCc1cccc(CC)c1NC(=O)CCN(C)CCc1ccncc1. The van der Waals surface area contributed by atoms with Crippen LogP contribution in [-0.4, -0.2) is 35.9 Å². The monoisotopic (exact) mass is 339 g/mol. The molecule has 0 fully saturated rings. The van der Waals surface area contributed by atoms with Crippen molar-refractivity contribution in [3.05, 3.63) is 59.4 Å². The topological polar surface area (TPSA) is 45.2 Å². The number of rotatable bonds is 9. The number of aromatic nitrogens is 1. The van der Waals surface area contributed by atoms with E-state index in [4.69, 9.17) is 0 Å². The molecule has 0 spiro atoms. The van der Waals surface area contributed by atoms with Gasteiger partial charge < -0.3 is 10.2 Å². The van der Waals surface area contributed by atoms with Gasteiger partial charge in [-0.3, -0.25) is 9.78 Å². The highest BCUT2D eigenvalue weighted by molar-refractivity contribution is 5.92. The number of carbonyl (C=O) groups excluding carboxylic acids is 1. The molecule has 0 radical (unpaired) electrons. The van der Waals surface area contributed by atoms with E-state index >= 15 is 0 Å². The van der Waals surface area contributed by atoms with Crippen LogP contribution in [0.3, 0.4) is 0 Å². The molecular weight excluding hydrogens is 310 g/mol. The van der Waals surface area contributed by atoms with E-state index in [9.17, 15) is 4.79 Å². The van der Waals surface area contributed by atoms with Gasteiger partial charge in [-0.05, 0) is 55.1 Å². The van der Waals surface area contributed by atoms with Gasteiger partial charge in [0.2, 0.25) is 5.91 Å².